The zero-order valence-electron chi connectivity index (χ0n) is 13.9. The SMILES string of the molecule is Cn1c(CCNC(=O)CCc2ccc(F)cc2)nc2ccc(F)cc21. The summed E-state index contributed by atoms with van der Waals surface area (Å²) in [6.07, 6.45) is 1.48. The van der Waals surface area contributed by atoms with E-state index < -0.39 is 0 Å². The van der Waals surface area contributed by atoms with Gasteiger partial charge in [0, 0.05) is 26.4 Å². The molecule has 1 heterocycles. The van der Waals surface area contributed by atoms with Crippen LogP contribution in [0.1, 0.15) is 17.8 Å². The zero-order chi connectivity index (χ0) is 17.8. The molecule has 4 nitrogen and oxygen atoms in total. The molecule has 0 aliphatic heterocycles. The van der Waals surface area contributed by atoms with Crippen LogP contribution in [-0.4, -0.2) is 22.0 Å². The third-order valence-electron chi connectivity index (χ3n) is 4.16. The molecule has 3 aromatic rings. The topological polar surface area (TPSA) is 46.9 Å². The smallest absolute Gasteiger partial charge is 0.220 e. The predicted octanol–water partition coefficient (Wildman–Crippen LogP) is 3.14. The van der Waals surface area contributed by atoms with Gasteiger partial charge in [-0.3, -0.25) is 4.79 Å². The Morgan fingerprint density at radius 3 is 2.56 bits per heavy atom. The van der Waals surface area contributed by atoms with Crippen LogP contribution in [0.5, 0.6) is 0 Å². The molecule has 2 aromatic carbocycles. The molecule has 3 rings (SSSR count). The lowest BCUT2D eigenvalue weighted by Crippen LogP contribution is -2.26. The summed E-state index contributed by atoms with van der Waals surface area (Å²) in [5.74, 6) is 0.153. The molecule has 1 aromatic heterocycles. The number of aromatic nitrogens is 2. The number of rotatable bonds is 6. The van der Waals surface area contributed by atoms with E-state index in [1.165, 1.54) is 24.3 Å². The average Bonchev–Trinajstić information content (AvgIpc) is 2.90. The van der Waals surface area contributed by atoms with E-state index in [0.717, 1.165) is 22.4 Å². The number of carbonyl (C=O) groups excluding carboxylic acids is 1. The molecule has 0 atom stereocenters. The molecule has 0 aliphatic carbocycles. The van der Waals surface area contributed by atoms with Crippen molar-refractivity contribution in [2.75, 3.05) is 6.54 Å². The minimum atomic E-state index is -0.295. The van der Waals surface area contributed by atoms with Crippen molar-refractivity contribution in [3.8, 4) is 0 Å². The standard InChI is InChI=1S/C19H19F2N3O/c1-24-17-12-15(21)7-8-16(17)23-18(24)10-11-22-19(25)9-4-13-2-5-14(20)6-3-13/h2-3,5-8,12H,4,9-11H2,1H3,(H,22,25). The van der Waals surface area contributed by atoms with Gasteiger partial charge in [-0.1, -0.05) is 12.1 Å². The minimum absolute atomic E-state index is 0.0610. The number of aryl methyl sites for hydroxylation is 2. The molecule has 0 bridgehead atoms. The lowest BCUT2D eigenvalue weighted by atomic mass is 10.1. The molecule has 6 heteroatoms. The van der Waals surface area contributed by atoms with E-state index in [9.17, 15) is 13.6 Å². The third kappa shape index (κ3) is 4.21. The number of halogens is 2. The number of carbonyl (C=O) groups is 1. The highest BCUT2D eigenvalue weighted by Crippen LogP contribution is 2.16. The van der Waals surface area contributed by atoms with Gasteiger partial charge in [0.25, 0.3) is 0 Å². The van der Waals surface area contributed by atoms with Crippen LogP contribution >= 0.6 is 0 Å². The predicted molar refractivity (Wildman–Crippen MR) is 92.1 cm³/mol. The number of imidazole rings is 1. The number of benzene rings is 2. The number of nitrogens with zero attached hydrogens (tertiary/aromatic N) is 2. The van der Waals surface area contributed by atoms with Gasteiger partial charge in [0.2, 0.25) is 5.91 Å². The second-order valence-corrected chi connectivity index (χ2v) is 5.95. The maximum absolute atomic E-state index is 13.3. The number of hydrogen-bond acceptors (Lipinski definition) is 2. The molecule has 0 spiro atoms. The maximum Gasteiger partial charge on any atom is 0.220 e. The average molecular weight is 343 g/mol. The summed E-state index contributed by atoms with van der Waals surface area (Å²) in [5, 5.41) is 2.86. The van der Waals surface area contributed by atoms with E-state index in [0.29, 0.717) is 25.8 Å². The third-order valence-corrected chi connectivity index (χ3v) is 4.16. The van der Waals surface area contributed by atoms with Crippen LogP contribution in [-0.2, 0) is 24.7 Å². The molecule has 25 heavy (non-hydrogen) atoms. The minimum Gasteiger partial charge on any atom is -0.356 e. The molecule has 130 valence electrons. The monoisotopic (exact) mass is 343 g/mol. The van der Waals surface area contributed by atoms with Gasteiger partial charge in [-0.15, -0.1) is 0 Å². The summed E-state index contributed by atoms with van der Waals surface area (Å²) in [7, 11) is 1.83. The fraction of sp³-hybridized carbons (Fsp3) is 0.263. The molecule has 0 aliphatic rings. The van der Waals surface area contributed by atoms with Gasteiger partial charge in [0.1, 0.15) is 17.5 Å². The van der Waals surface area contributed by atoms with Gasteiger partial charge in [0.15, 0.2) is 0 Å². The Labute approximate surface area is 144 Å². The first-order valence-corrected chi connectivity index (χ1v) is 8.15. The Hall–Kier alpha value is -2.76. The first kappa shape index (κ1) is 17.1. The van der Waals surface area contributed by atoms with Crippen molar-refractivity contribution >= 4 is 16.9 Å². The van der Waals surface area contributed by atoms with Crippen LogP contribution in [0.25, 0.3) is 11.0 Å². The van der Waals surface area contributed by atoms with Crippen molar-refractivity contribution in [1.29, 1.82) is 0 Å². The van der Waals surface area contributed by atoms with Gasteiger partial charge < -0.3 is 9.88 Å². The molecule has 0 saturated carbocycles. The quantitative estimate of drug-likeness (QED) is 0.747. The van der Waals surface area contributed by atoms with Gasteiger partial charge in [-0.05, 0) is 42.3 Å². The number of nitrogens with one attached hydrogen (secondary N) is 1. The second-order valence-electron chi connectivity index (χ2n) is 5.95. The fourth-order valence-electron chi connectivity index (χ4n) is 2.75. The molecule has 0 fully saturated rings. The van der Waals surface area contributed by atoms with Crippen LogP contribution in [0.4, 0.5) is 8.78 Å². The van der Waals surface area contributed by atoms with Crippen LogP contribution in [0.3, 0.4) is 0 Å². The van der Waals surface area contributed by atoms with E-state index in [2.05, 4.69) is 10.3 Å². The molecular formula is C19H19F2N3O. The Morgan fingerprint density at radius 1 is 1.08 bits per heavy atom. The van der Waals surface area contributed by atoms with Crippen molar-refractivity contribution in [2.24, 2.45) is 7.05 Å². The van der Waals surface area contributed by atoms with Gasteiger partial charge in [-0.25, -0.2) is 13.8 Å². The van der Waals surface area contributed by atoms with Gasteiger partial charge in [0.05, 0.1) is 11.0 Å². The van der Waals surface area contributed by atoms with Crippen LogP contribution < -0.4 is 5.32 Å². The van der Waals surface area contributed by atoms with E-state index in [1.54, 1.807) is 18.2 Å². The van der Waals surface area contributed by atoms with E-state index in [-0.39, 0.29) is 17.5 Å². The van der Waals surface area contributed by atoms with Crippen molar-refractivity contribution in [1.82, 2.24) is 14.9 Å². The highest BCUT2D eigenvalue weighted by molar-refractivity contribution is 5.77. The Bertz CT molecular complexity index is 888. The highest BCUT2D eigenvalue weighted by atomic mass is 19.1. The first-order chi connectivity index (χ1) is 12.0. The number of fused-ring (bicyclic) bond motifs is 1. The van der Waals surface area contributed by atoms with E-state index >= 15 is 0 Å². The highest BCUT2D eigenvalue weighted by Gasteiger charge is 2.09. The van der Waals surface area contributed by atoms with Crippen molar-refractivity contribution in [2.45, 2.75) is 19.3 Å². The number of hydrogen-bond donors (Lipinski definition) is 1. The summed E-state index contributed by atoms with van der Waals surface area (Å²) >= 11 is 0. The summed E-state index contributed by atoms with van der Waals surface area (Å²) in [4.78, 5) is 16.4. The van der Waals surface area contributed by atoms with Gasteiger partial charge >= 0.3 is 0 Å². The first-order valence-electron chi connectivity index (χ1n) is 8.15. The Balaban J connectivity index is 1.50. The summed E-state index contributed by atoms with van der Waals surface area (Å²) in [5.41, 5.74) is 2.40. The fourth-order valence-corrected chi connectivity index (χ4v) is 2.75. The van der Waals surface area contributed by atoms with E-state index in [4.69, 9.17) is 0 Å². The largest absolute Gasteiger partial charge is 0.356 e. The Morgan fingerprint density at radius 2 is 1.80 bits per heavy atom. The van der Waals surface area contributed by atoms with Crippen LogP contribution in [0.2, 0.25) is 0 Å². The van der Waals surface area contributed by atoms with Crippen LogP contribution in [0, 0.1) is 11.6 Å². The lowest BCUT2D eigenvalue weighted by molar-refractivity contribution is -0.121. The lowest BCUT2D eigenvalue weighted by Gasteiger charge is -2.06. The summed E-state index contributed by atoms with van der Waals surface area (Å²) in [6, 6.07) is 10.6. The second kappa shape index (κ2) is 7.42. The van der Waals surface area contributed by atoms with Crippen molar-refractivity contribution in [3.63, 3.8) is 0 Å². The summed E-state index contributed by atoms with van der Waals surface area (Å²) in [6.45, 7) is 0.460. The normalized spacial score (nSPS) is 11.0. The van der Waals surface area contributed by atoms with Crippen molar-refractivity contribution in [3.05, 3.63) is 65.5 Å². The maximum atomic E-state index is 13.3. The number of amides is 1. The van der Waals surface area contributed by atoms with Gasteiger partial charge in [-0.2, -0.15) is 0 Å². The molecule has 0 unspecified atom stereocenters. The van der Waals surface area contributed by atoms with E-state index in [1.807, 2.05) is 11.6 Å². The molecule has 0 saturated heterocycles. The molecule has 0 radical (unpaired) electrons. The molecule has 1 amide bonds. The van der Waals surface area contributed by atoms with Crippen LogP contribution in [0.15, 0.2) is 42.5 Å². The molecule has 1 N–H and O–H groups in total. The van der Waals surface area contributed by atoms with Crippen molar-refractivity contribution < 1.29 is 13.6 Å². The molecular weight excluding hydrogens is 324 g/mol. The summed E-state index contributed by atoms with van der Waals surface area (Å²) < 4.78 is 28.0. The zero-order valence-corrected chi connectivity index (χ0v) is 13.9. The Kier molecular flexibility index (Phi) is 5.07.